The van der Waals surface area contributed by atoms with Crippen molar-refractivity contribution >= 4 is 5.97 Å². The van der Waals surface area contributed by atoms with Crippen molar-refractivity contribution in [3.05, 3.63) is 52.3 Å². The number of alkyl halides is 3. The van der Waals surface area contributed by atoms with Crippen LogP contribution >= 0.6 is 0 Å². The summed E-state index contributed by atoms with van der Waals surface area (Å²) in [6.45, 7) is 3.26. The van der Waals surface area contributed by atoms with Crippen molar-refractivity contribution in [2.45, 2.75) is 33.0 Å². The number of carboxylic acid groups (broad SMARTS) is 1. The molecule has 1 heterocycles. The maximum atomic E-state index is 13.0. The number of benzene rings is 1. The first-order valence-electron chi connectivity index (χ1n) is 6.60. The number of nitrogens with zero attached hydrogens (tertiary/aromatic N) is 2. The molecule has 0 aliphatic rings. The summed E-state index contributed by atoms with van der Waals surface area (Å²) >= 11 is 0. The van der Waals surface area contributed by atoms with Crippen molar-refractivity contribution in [1.82, 2.24) is 9.78 Å². The molecule has 0 aliphatic carbocycles. The van der Waals surface area contributed by atoms with Crippen LogP contribution in [0.1, 0.15) is 28.1 Å². The third kappa shape index (κ3) is 3.29. The molecule has 0 radical (unpaired) electrons. The summed E-state index contributed by atoms with van der Waals surface area (Å²) in [4.78, 5) is 10.8. The van der Waals surface area contributed by atoms with Crippen molar-refractivity contribution < 1.29 is 23.1 Å². The van der Waals surface area contributed by atoms with E-state index in [4.69, 9.17) is 5.11 Å². The quantitative estimate of drug-likeness (QED) is 0.943. The Morgan fingerprint density at radius 2 is 1.91 bits per heavy atom. The highest BCUT2D eigenvalue weighted by atomic mass is 19.4. The minimum atomic E-state index is -4.43. The van der Waals surface area contributed by atoms with Crippen LogP contribution in [0, 0.1) is 13.8 Å². The minimum Gasteiger partial charge on any atom is -0.481 e. The first-order valence-corrected chi connectivity index (χ1v) is 6.60. The second-order valence-corrected chi connectivity index (χ2v) is 5.03. The van der Waals surface area contributed by atoms with E-state index in [1.165, 1.54) is 22.9 Å². The first-order chi connectivity index (χ1) is 10.2. The summed E-state index contributed by atoms with van der Waals surface area (Å²) in [5.74, 6) is -0.999. The Labute approximate surface area is 125 Å². The molecule has 0 saturated carbocycles. The molecule has 7 heteroatoms. The number of halogens is 3. The van der Waals surface area contributed by atoms with Gasteiger partial charge in [-0.25, -0.2) is 0 Å². The van der Waals surface area contributed by atoms with Crippen molar-refractivity contribution in [2.75, 3.05) is 0 Å². The Morgan fingerprint density at radius 3 is 2.50 bits per heavy atom. The van der Waals surface area contributed by atoms with Gasteiger partial charge in [0.25, 0.3) is 0 Å². The van der Waals surface area contributed by atoms with Crippen LogP contribution in [0.15, 0.2) is 24.3 Å². The van der Waals surface area contributed by atoms with Gasteiger partial charge in [0, 0.05) is 11.3 Å². The van der Waals surface area contributed by atoms with Gasteiger partial charge in [-0.3, -0.25) is 9.48 Å². The second kappa shape index (κ2) is 5.82. The highest BCUT2D eigenvalue weighted by molar-refractivity contribution is 5.70. The van der Waals surface area contributed by atoms with Crippen molar-refractivity contribution in [3.8, 4) is 0 Å². The highest BCUT2D eigenvalue weighted by Crippen LogP contribution is 2.32. The normalized spacial score (nSPS) is 11.7. The Balaban J connectivity index is 2.39. The fraction of sp³-hybridized carbons (Fsp3) is 0.333. The molecule has 0 spiro atoms. The van der Waals surface area contributed by atoms with E-state index in [1.807, 2.05) is 0 Å². The van der Waals surface area contributed by atoms with Crippen molar-refractivity contribution in [3.63, 3.8) is 0 Å². The SMILES string of the molecule is Cc1nn(Cc2ccccc2C(F)(F)F)c(C)c1CC(=O)O. The molecular formula is C15H15F3N2O2. The van der Waals surface area contributed by atoms with Gasteiger partial charge in [0.15, 0.2) is 0 Å². The zero-order chi connectivity index (χ0) is 16.5. The van der Waals surface area contributed by atoms with E-state index < -0.39 is 17.7 Å². The second-order valence-electron chi connectivity index (χ2n) is 5.03. The molecule has 2 rings (SSSR count). The molecule has 2 aromatic rings. The minimum absolute atomic E-state index is 0.0536. The topological polar surface area (TPSA) is 55.1 Å². The van der Waals surface area contributed by atoms with Crippen LogP contribution in [-0.2, 0) is 23.9 Å². The zero-order valence-electron chi connectivity index (χ0n) is 12.1. The molecule has 0 atom stereocenters. The van der Waals surface area contributed by atoms with Gasteiger partial charge in [0.05, 0.1) is 24.2 Å². The number of rotatable bonds is 4. The molecule has 1 aromatic heterocycles. The van der Waals surface area contributed by atoms with E-state index in [0.29, 0.717) is 17.0 Å². The van der Waals surface area contributed by atoms with E-state index >= 15 is 0 Å². The maximum absolute atomic E-state index is 13.0. The van der Waals surface area contributed by atoms with Gasteiger partial charge in [-0.1, -0.05) is 18.2 Å². The number of aromatic nitrogens is 2. The van der Waals surface area contributed by atoms with Crippen LogP contribution in [0.25, 0.3) is 0 Å². The molecule has 118 valence electrons. The lowest BCUT2D eigenvalue weighted by atomic mass is 10.1. The molecule has 0 fully saturated rings. The third-order valence-corrected chi connectivity index (χ3v) is 3.50. The summed E-state index contributed by atoms with van der Waals surface area (Å²) in [7, 11) is 0. The highest BCUT2D eigenvalue weighted by Gasteiger charge is 2.33. The molecule has 0 bridgehead atoms. The molecule has 1 aromatic carbocycles. The average Bonchev–Trinajstić information content (AvgIpc) is 2.65. The Kier molecular flexibility index (Phi) is 4.25. The fourth-order valence-corrected chi connectivity index (χ4v) is 2.39. The monoisotopic (exact) mass is 312 g/mol. The van der Waals surface area contributed by atoms with Crippen LogP contribution in [0.2, 0.25) is 0 Å². The van der Waals surface area contributed by atoms with E-state index in [9.17, 15) is 18.0 Å². The lowest BCUT2D eigenvalue weighted by Crippen LogP contribution is -2.13. The van der Waals surface area contributed by atoms with Crippen LogP contribution in [0.3, 0.4) is 0 Å². The number of aliphatic carboxylic acids is 1. The standard InChI is InChI=1S/C15H15F3N2O2/c1-9-12(7-14(21)22)10(2)20(19-9)8-11-5-3-4-6-13(11)15(16,17)18/h3-6H,7-8H2,1-2H3,(H,21,22). The Bertz CT molecular complexity index is 705. The molecule has 4 nitrogen and oxygen atoms in total. The third-order valence-electron chi connectivity index (χ3n) is 3.50. The Morgan fingerprint density at radius 1 is 1.27 bits per heavy atom. The van der Waals surface area contributed by atoms with E-state index in [2.05, 4.69) is 5.10 Å². The van der Waals surface area contributed by atoms with Crippen LogP contribution in [0.4, 0.5) is 13.2 Å². The summed E-state index contributed by atoms with van der Waals surface area (Å²) in [5.41, 5.74) is 1.02. The van der Waals surface area contributed by atoms with Crippen LogP contribution in [0.5, 0.6) is 0 Å². The maximum Gasteiger partial charge on any atom is 0.416 e. The summed E-state index contributed by atoms with van der Waals surface area (Å²) in [6.07, 6.45) is -4.63. The average molecular weight is 312 g/mol. The lowest BCUT2D eigenvalue weighted by molar-refractivity contribution is -0.138. The summed E-state index contributed by atoms with van der Waals surface area (Å²) in [6, 6.07) is 5.30. The first kappa shape index (κ1) is 16.1. The van der Waals surface area contributed by atoms with Crippen molar-refractivity contribution in [1.29, 1.82) is 0 Å². The van der Waals surface area contributed by atoms with Gasteiger partial charge in [-0.05, 0) is 25.5 Å². The molecule has 0 amide bonds. The molecule has 1 N–H and O–H groups in total. The fourth-order valence-electron chi connectivity index (χ4n) is 2.39. The molecule has 0 aliphatic heterocycles. The number of hydrogen-bond donors (Lipinski definition) is 1. The Hall–Kier alpha value is -2.31. The number of carboxylic acids is 1. The molecule has 22 heavy (non-hydrogen) atoms. The van der Waals surface area contributed by atoms with Gasteiger partial charge in [0.1, 0.15) is 0 Å². The van der Waals surface area contributed by atoms with Gasteiger partial charge < -0.3 is 5.11 Å². The lowest BCUT2D eigenvalue weighted by Gasteiger charge is -2.13. The molecule has 0 saturated heterocycles. The van der Waals surface area contributed by atoms with Gasteiger partial charge in [0.2, 0.25) is 0 Å². The predicted molar refractivity (Wildman–Crippen MR) is 73.6 cm³/mol. The number of aryl methyl sites for hydroxylation is 1. The molecular weight excluding hydrogens is 297 g/mol. The van der Waals surface area contributed by atoms with Gasteiger partial charge in [-0.15, -0.1) is 0 Å². The molecule has 0 unspecified atom stereocenters. The van der Waals surface area contributed by atoms with Gasteiger partial charge in [-0.2, -0.15) is 18.3 Å². The van der Waals surface area contributed by atoms with E-state index in [0.717, 1.165) is 6.07 Å². The van der Waals surface area contributed by atoms with Crippen LogP contribution in [-0.4, -0.2) is 20.9 Å². The largest absolute Gasteiger partial charge is 0.481 e. The van der Waals surface area contributed by atoms with Gasteiger partial charge >= 0.3 is 12.1 Å². The number of hydrogen-bond acceptors (Lipinski definition) is 2. The van der Waals surface area contributed by atoms with E-state index in [1.54, 1.807) is 13.8 Å². The summed E-state index contributed by atoms with van der Waals surface area (Å²) < 4.78 is 40.4. The zero-order valence-corrected chi connectivity index (χ0v) is 12.1. The van der Waals surface area contributed by atoms with E-state index in [-0.39, 0.29) is 18.5 Å². The van der Waals surface area contributed by atoms with Crippen LogP contribution < -0.4 is 0 Å². The smallest absolute Gasteiger partial charge is 0.416 e. The predicted octanol–water partition coefficient (Wildman–Crippen LogP) is 3.19. The van der Waals surface area contributed by atoms with Crippen molar-refractivity contribution in [2.24, 2.45) is 0 Å². The number of carbonyl (C=O) groups is 1. The summed E-state index contributed by atoms with van der Waals surface area (Å²) in [5, 5.41) is 13.0.